The molecule has 0 unspecified atom stereocenters. The highest BCUT2D eigenvalue weighted by Crippen LogP contribution is 2.30. The maximum absolute atomic E-state index is 12.3. The molecule has 5 rings (SSSR count). The maximum Gasteiger partial charge on any atom is 0.344 e. The Labute approximate surface area is 224 Å². The fourth-order valence-electron chi connectivity index (χ4n) is 5.06. The molecule has 9 heteroatoms. The molecule has 204 valence electrons. The van der Waals surface area contributed by atoms with E-state index in [1.165, 1.54) is 5.06 Å². The number of piperidine rings is 2. The maximum atomic E-state index is 12.3. The van der Waals surface area contributed by atoms with E-state index in [1.54, 1.807) is 18.7 Å². The largest absolute Gasteiger partial charge is 0.344 e. The van der Waals surface area contributed by atoms with Gasteiger partial charge in [0.2, 0.25) is 0 Å². The number of carbonyl (C=O) groups excluding carboxylic acids is 3. The number of ketones is 2. The van der Waals surface area contributed by atoms with Gasteiger partial charge >= 0.3 is 6.03 Å². The summed E-state index contributed by atoms with van der Waals surface area (Å²) in [7, 11) is 0. The lowest BCUT2D eigenvalue weighted by atomic mass is 9.98. The van der Waals surface area contributed by atoms with Gasteiger partial charge in [0.25, 0.3) is 0 Å². The Morgan fingerprint density at radius 2 is 1.55 bits per heavy atom. The van der Waals surface area contributed by atoms with Crippen molar-refractivity contribution in [3.05, 3.63) is 71.8 Å². The molecule has 3 fully saturated rings. The van der Waals surface area contributed by atoms with E-state index in [0.29, 0.717) is 19.8 Å². The predicted molar refractivity (Wildman–Crippen MR) is 143 cm³/mol. The van der Waals surface area contributed by atoms with Crippen LogP contribution in [0.25, 0.3) is 0 Å². The Balaban J connectivity index is 0.000000178. The fraction of sp³-hybridized carbons (Fsp3) is 0.483. The first-order valence-corrected chi connectivity index (χ1v) is 13.3. The number of Topliss-reactive ketones (excluding diaryl/α,β-unsaturated/α-hetero) is 2. The first kappa shape index (κ1) is 27.9. The van der Waals surface area contributed by atoms with Crippen LogP contribution in [0.4, 0.5) is 4.79 Å². The van der Waals surface area contributed by atoms with Gasteiger partial charge in [0.1, 0.15) is 12.4 Å². The summed E-state index contributed by atoms with van der Waals surface area (Å²) in [5.41, 5.74) is 5.23. The topological polar surface area (TPSA) is 100 Å². The van der Waals surface area contributed by atoms with Crippen LogP contribution in [-0.4, -0.2) is 64.8 Å². The summed E-state index contributed by atoms with van der Waals surface area (Å²) < 4.78 is 0. The van der Waals surface area contributed by atoms with Gasteiger partial charge in [-0.15, -0.1) is 0 Å². The SMILES string of the molecule is CC(=O)[C@@H]1CC[C@@H](NOCc2ccccc2)CN1.CC(=O)[C@@H]1CC[C@@H]2CN1C(=O)N2OCc1ccccc1. The molecule has 3 heterocycles. The summed E-state index contributed by atoms with van der Waals surface area (Å²) >= 11 is 0. The van der Waals surface area contributed by atoms with Crippen molar-refractivity contribution >= 4 is 17.6 Å². The third kappa shape index (κ3) is 7.48. The molecule has 38 heavy (non-hydrogen) atoms. The number of carbonyl (C=O) groups is 3. The lowest BCUT2D eigenvalue weighted by molar-refractivity contribution is -0.140. The summed E-state index contributed by atoms with van der Waals surface area (Å²) in [5.74, 6) is 0.278. The number of nitrogens with zero attached hydrogens (tertiary/aromatic N) is 2. The molecule has 3 saturated heterocycles. The average molecular weight is 523 g/mol. The molecule has 0 radical (unpaired) electrons. The quantitative estimate of drug-likeness (QED) is 0.487. The third-order valence-corrected chi connectivity index (χ3v) is 7.24. The van der Waals surface area contributed by atoms with Crippen LogP contribution in [0.1, 0.15) is 50.7 Å². The lowest BCUT2D eigenvalue weighted by Crippen LogP contribution is -2.50. The second-order valence-electron chi connectivity index (χ2n) is 10.1. The Bertz CT molecular complexity index is 1060. The van der Waals surface area contributed by atoms with Crippen LogP contribution in [0.3, 0.4) is 0 Å². The van der Waals surface area contributed by atoms with E-state index in [2.05, 4.69) is 10.8 Å². The molecule has 0 aromatic heterocycles. The summed E-state index contributed by atoms with van der Waals surface area (Å²) in [5, 5.41) is 4.68. The minimum Gasteiger partial charge on any atom is -0.311 e. The normalized spacial score (nSPS) is 24.5. The molecule has 0 saturated carbocycles. The van der Waals surface area contributed by atoms with Crippen LogP contribution in [0, 0.1) is 0 Å². The van der Waals surface area contributed by atoms with Crippen molar-refractivity contribution in [2.24, 2.45) is 0 Å². The molecule has 2 aromatic rings. The molecule has 3 aliphatic rings. The van der Waals surface area contributed by atoms with Crippen molar-refractivity contribution in [3.63, 3.8) is 0 Å². The predicted octanol–water partition coefficient (Wildman–Crippen LogP) is 3.39. The highest BCUT2D eigenvalue weighted by molar-refractivity contribution is 5.88. The van der Waals surface area contributed by atoms with Crippen molar-refractivity contribution < 1.29 is 24.1 Å². The van der Waals surface area contributed by atoms with Crippen LogP contribution in [0.2, 0.25) is 0 Å². The van der Waals surface area contributed by atoms with Gasteiger partial charge in [-0.2, -0.15) is 10.5 Å². The van der Waals surface area contributed by atoms with Crippen LogP contribution >= 0.6 is 0 Å². The number of nitrogens with one attached hydrogen (secondary N) is 2. The van der Waals surface area contributed by atoms with E-state index in [1.807, 2.05) is 60.7 Å². The fourth-order valence-corrected chi connectivity index (χ4v) is 5.06. The smallest absolute Gasteiger partial charge is 0.311 e. The molecular weight excluding hydrogens is 484 g/mol. The Morgan fingerprint density at radius 1 is 0.895 bits per heavy atom. The van der Waals surface area contributed by atoms with Crippen molar-refractivity contribution in [2.75, 3.05) is 13.1 Å². The van der Waals surface area contributed by atoms with Crippen molar-refractivity contribution in [3.8, 4) is 0 Å². The van der Waals surface area contributed by atoms with Gasteiger partial charge in [0, 0.05) is 19.1 Å². The van der Waals surface area contributed by atoms with E-state index in [9.17, 15) is 14.4 Å². The van der Waals surface area contributed by atoms with E-state index in [-0.39, 0.29) is 41.8 Å². The van der Waals surface area contributed by atoms with Gasteiger partial charge in [-0.3, -0.25) is 19.3 Å². The molecule has 9 nitrogen and oxygen atoms in total. The van der Waals surface area contributed by atoms with Crippen LogP contribution in [-0.2, 0) is 32.5 Å². The second kappa shape index (κ2) is 13.6. The summed E-state index contributed by atoms with van der Waals surface area (Å²) in [4.78, 5) is 47.8. The Morgan fingerprint density at radius 3 is 2.13 bits per heavy atom. The molecule has 0 spiro atoms. The van der Waals surface area contributed by atoms with E-state index in [4.69, 9.17) is 9.68 Å². The number of fused-ring (bicyclic) bond motifs is 2. The number of benzene rings is 2. The van der Waals surface area contributed by atoms with Crippen molar-refractivity contribution in [1.29, 1.82) is 0 Å². The molecule has 2 amide bonds. The monoisotopic (exact) mass is 522 g/mol. The van der Waals surface area contributed by atoms with E-state index < -0.39 is 0 Å². The Kier molecular flexibility index (Phi) is 10.0. The van der Waals surface area contributed by atoms with E-state index in [0.717, 1.165) is 43.4 Å². The number of hydrogen-bond acceptors (Lipinski definition) is 7. The first-order chi connectivity index (χ1) is 18.4. The average Bonchev–Trinajstić information content (AvgIpc) is 3.17. The molecule has 2 bridgehead atoms. The highest BCUT2D eigenvalue weighted by Gasteiger charge is 2.46. The first-order valence-electron chi connectivity index (χ1n) is 13.3. The minimum absolute atomic E-state index is 0.0252. The van der Waals surface area contributed by atoms with Crippen molar-refractivity contribution in [1.82, 2.24) is 20.8 Å². The van der Waals surface area contributed by atoms with Crippen molar-refractivity contribution in [2.45, 2.75) is 76.9 Å². The molecule has 2 N–H and O–H groups in total. The van der Waals surface area contributed by atoms with E-state index >= 15 is 0 Å². The molecule has 3 aliphatic heterocycles. The van der Waals surface area contributed by atoms with Crippen LogP contribution < -0.4 is 10.8 Å². The third-order valence-electron chi connectivity index (χ3n) is 7.24. The number of urea groups is 1. The minimum atomic E-state index is -0.274. The second-order valence-corrected chi connectivity index (χ2v) is 10.1. The number of amides is 2. The zero-order chi connectivity index (χ0) is 26.9. The standard InChI is InChI=1S/C15H18N2O3.C14H20N2O2/c1-11(18)14-8-7-13-9-16(14)15(19)17(13)20-10-12-5-3-2-4-6-12;1-11(17)14-8-7-13(9-15-14)16-18-10-12-5-3-2-4-6-12/h2-6,13-14H,7-10H2,1H3;2-6,13-16H,7-10H2,1H3/t2*13-,14+/m11/s1. The molecular formula is C29H38N4O5. The van der Waals surface area contributed by atoms with Crippen LogP contribution in [0.15, 0.2) is 60.7 Å². The highest BCUT2D eigenvalue weighted by atomic mass is 16.7. The number of hydrogen-bond donors (Lipinski definition) is 2. The zero-order valence-electron chi connectivity index (χ0n) is 22.2. The summed E-state index contributed by atoms with van der Waals surface area (Å²) in [6, 6.07) is 19.7. The van der Waals surface area contributed by atoms with Gasteiger partial charge in [-0.25, -0.2) is 4.79 Å². The molecule has 2 aromatic carbocycles. The zero-order valence-corrected chi connectivity index (χ0v) is 22.2. The molecule has 4 atom stereocenters. The summed E-state index contributed by atoms with van der Waals surface area (Å²) in [6.07, 6.45) is 3.39. The van der Waals surface area contributed by atoms with Gasteiger partial charge in [0.05, 0.1) is 24.7 Å². The van der Waals surface area contributed by atoms with Gasteiger partial charge in [0.15, 0.2) is 5.78 Å². The number of rotatable bonds is 9. The van der Waals surface area contributed by atoms with Gasteiger partial charge < -0.3 is 10.2 Å². The van der Waals surface area contributed by atoms with Gasteiger partial charge in [-0.05, 0) is 50.7 Å². The Hall–Kier alpha value is -3.11. The van der Waals surface area contributed by atoms with Crippen LogP contribution in [0.5, 0.6) is 0 Å². The lowest BCUT2D eigenvalue weighted by Gasteiger charge is -2.28. The van der Waals surface area contributed by atoms with Gasteiger partial charge in [-0.1, -0.05) is 60.7 Å². The number of hydroxylamine groups is 3. The summed E-state index contributed by atoms with van der Waals surface area (Å²) in [6.45, 7) is 5.50. The molecule has 0 aliphatic carbocycles.